The fourth-order valence-electron chi connectivity index (χ4n) is 2.63. The van der Waals surface area contributed by atoms with Gasteiger partial charge < -0.3 is 30.5 Å². The van der Waals surface area contributed by atoms with E-state index >= 15 is 0 Å². The molecule has 10 heteroatoms. The minimum Gasteiger partial charge on any atom is -0.394 e. The van der Waals surface area contributed by atoms with Gasteiger partial charge in [-0.05, 0) is 30.7 Å². The predicted molar refractivity (Wildman–Crippen MR) is 102 cm³/mol. The number of ether oxygens (including phenoxy) is 1. The van der Waals surface area contributed by atoms with Crippen molar-refractivity contribution >= 4 is 17.9 Å². The Morgan fingerprint density at radius 1 is 1.19 bits per heavy atom. The van der Waals surface area contributed by atoms with E-state index in [1.54, 1.807) is 11.4 Å². The van der Waals surface area contributed by atoms with Crippen molar-refractivity contribution in [2.75, 3.05) is 24.5 Å². The zero-order chi connectivity index (χ0) is 19.8. The second-order valence-corrected chi connectivity index (χ2v) is 7.23. The number of nitrogens with one attached hydrogen (secondary N) is 2. The first-order valence-corrected chi connectivity index (χ1v) is 9.60. The highest BCUT2D eigenvalue weighted by Gasteiger charge is 2.44. The summed E-state index contributed by atoms with van der Waals surface area (Å²) in [5.41, 5.74) is 4.58. The molecule has 1 aliphatic heterocycles. The first kappa shape index (κ1) is 22.3. The largest absolute Gasteiger partial charge is 0.394 e. The number of hydrogen-bond acceptors (Lipinski definition) is 10. The molecule has 1 saturated heterocycles. The molecule has 0 amide bonds. The summed E-state index contributed by atoms with van der Waals surface area (Å²) in [4.78, 5) is 0. The molecule has 0 radical (unpaired) electrons. The van der Waals surface area contributed by atoms with E-state index in [4.69, 9.17) is 14.1 Å². The summed E-state index contributed by atoms with van der Waals surface area (Å²) < 4.78 is 12.1. The standard InChI is InChI=1S/C17H29N3O6S/c1-3-8-18-9-11-4-6-12(7-5-11)20(2)27-26-19-14-16(23)15(22)13(10-21)25-17(14)24/h4-7,13-19,21-24H,3,8-10H2,1-2H3. The van der Waals surface area contributed by atoms with Crippen molar-refractivity contribution in [3.63, 3.8) is 0 Å². The van der Waals surface area contributed by atoms with Crippen LogP contribution in [0.3, 0.4) is 0 Å². The molecular formula is C17H29N3O6S. The molecule has 5 unspecified atom stereocenters. The Hall–Kier alpha value is -0.950. The van der Waals surface area contributed by atoms with E-state index in [1.165, 1.54) is 5.56 Å². The molecule has 6 N–H and O–H groups in total. The quantitative estimate of drug-likeness (QED) is 0.132. The van der Waals surface area contributed by atoms with Crippen LogP contribution in [0.2, 0.25) is 0 Å². The van der Waals surface area contributed by atoms with E-state index in [9.17, 15) is 15.3 Å². The highest BCUT2D eigenvalue weighted by molar-refractivity contribution is 7.96. The average molecular weight is 404 g/mol. The fourth-order valence-corrected chi connectivity index (χ4v) is 3.11. The molecular weight excluding hydrogens is 374 g/mol. The van der Waals surface area contributed by atoms with Crippen molar-refractivity contribution in [2.24, 2.45) is 0 Å². The molecule has 27 heavy (non-hydrogen) atoms. The first-order valence-electron chi connectivity index (χ1n) is 8.91. The van der Waals surface area contributed by atoms with Crippen LogP contribution in [0.4, 0.5) is 5.69 Å². The predicted octanol–water partition coefficient (Wildman–Crippen LogP) is -0.493. The third kappa shape index (κ3) is 6.28. The lowest BCUT2D eigenvalue weighted by atomic mass is 9.98. The van der Waals surface area contributed by atoms with Crippen molar-refractivity contribution in [1.29, 1.82) is 0 Å². The zero-order valence-electron chi connectivity index (χ0n) is 15.5. The van der Waals surface area contributed by atoms with Crippen molar-refractivity contribution < 1.29 is 29.4 Å². The van der Waals surface area contributed by atoms with Gasteiger partial charge in [0.05, 0.1) is 6.61 Å². The molecule has 0 saturated carbocycles. The van der Waals surface area contributed by atoms with Crippen LogP contribution in [-0.2, 0) is 15.6 Å². The Morgan fingerprint density at radius 3 is 2.52 bits per heavy atom. The molecule has 0 aliphatic carbocycles. The smallest absolute Gasteiger partial charge is 0.175 e. The van der Waals surface area contributed by atoms with Crippen LogP contribution < -0.4 is 15.1 Å². The minimum atomic E-state index is -1.43. The summed E-state index contributed by atoms with van der Waals surface area (Å²) in [5.74, 6) is 0. The average Bonchev–Trinajstić information content (AvgIpc) is 2.68. The van der Waals surface area contributed by atoms with E-state index in [0.717, 1.165) is 37.4 Å². The molecule has 154 valence electrons. The Balaban J connectivity index is 1.79. The molecule has 0 bridgehead atoms. The normalized spacial score (nSPS) is 28.3. The lowest BCUT2D eigenvalue weighted by Crippen LogP contribution is -2.63. The van der Waals surface area contributed by atoms with Gasteiger partial charge in [0.1, 0.15) is 36.6 Å². The number of aliphatic hydroxyl groups excluding tert-OH is 4. The molecule has 1 aromatic carbocycles. The van der Waals surface area contributed by atoms with E-state index < -0.39 is 37.3 Å². The Kier molecular flexibility index (Phi) is 9.22. The van der Waals surface area contributed by atoms with Gasteiger partial charge in [0, 0.05) is 19.3 Å². The summed E-state index contributed by atoms with van der Waals surface area (Å²) in [7, 11) is 1.80. The van der Waals surface area contributed by atoms with E-state index in [-0.39, 0.29) is 0 Å². The van der Waals surface area contributed by atoms with Crippen molar-refractivity contribution in [3.05, 3.63) is 29.8 Å². The van der Waals surface area contributed by atoms with Gasteiger partial charge in [-0.2, -0.15) is 5.48 Å². The van der Waals surface area contributed by atoms with E-state index in [0.29, 0.717) is 0 Å². The number of hydroxylamine groups is 1. The molecule has 9 nitrogen and oxygen atoms in total. The minimum absolute atomic E-state index is 0.510. The molecule has 1 heterocycles. The van der Waals surface area contributed by atoms with Gasteiger partial charge in [0.15, 0.2) is 6.29 Å². The summed E-state index contributed by atoms with van der Waals surface area (Å²) in [6.07, 6.45) is -4.08. The third-order valence-corrected chi connectivity index (χ3v) is 4.89. The Bertz CT molecular complexity index is 552. The fraction of sp³-hybridized carbons (Fsp3) is 0.647. The summed E-state index contributed by atoms with van der Waals surface area (Å²) in [6.45, 7) is 3.41. The number of nitrogens with zero attached hydrogens (tertiary/aromatic N) is 1. The lowest BCUT2D eigenvalue weighted by Gasteiger charge is -2.39. The monoisotopic (exact) mass is 403 g/mol. The van der Waals surface area contributed by atoms with Gasteiger partial charge >= 0.3 is 0 Å². The van der Waals surface area contributed by atoms with E-state index in [1.807, 2.05) is 24.3 Å². The molecule has 5 atom stereocenters. The highest BCUT2D eigenvalue weighted by Crippen LogP contribution is 2.23. The zero-order valence-corrected chi connectivity index (χ0v) is 16.3. The van der Waals surface area contributed by atoms with Gasteiger partial charge in [-0.25, -0.2) is 4.28 Å². The summed E-state index contributed by atoms with van der Waals surface area (Å²) >= 11 is 0.960. The number of benzene rings is 1. The maximum Gasteiger partial charge on any atom is 0.175 e. The van der Waals surface area contributed by atoms with Crippen LogP contribution in [-0.4, -0.2) is 71.3 Å². The second-order valence-electron chi connectivity index (χ2n) is 6.37. The van der Waals surface area contributed by atoms with Crippen LogP contribution in [0.15, 0.2) is 24.3 Å². The number of rotatable bonds is 10. The van der Waals surface area contributed by atoms with Crippen LogP contribution in [0, 0.1) is 0 Å². The van der Waals surface area contributed by atoms with Gasteiger partial charge in [0.25, 0.3) is 0 Å². The van der Waals surface area contributed by atoms with Crippen molar-refractivity contribution in [3.8, 4) is 0 Å². The number of aliphatic hydroxyl groups is 4. The summed E-state index contributed by atoms with van der Waals surface area (Å²) in [5, 5.41) is 42.2. The summed E-state index contributed by atoms with van der Waals surface area (Å²) in [6, 6.07) is 6.91. The van der Waals surface area contributed by atoms with E-state index in [2.05, 4.69) is 17.7 Å². The Morgan fingerprint density at radius 2 is 1.89 bits per heavy atom. The lowest BCUT2D eigenvalue weighted by molar-refractivity contribution is -0.263. The molecule has 1 fully saturated rings. The first-order chi connectivity index (χ1) is 13.0. The Labute approximate surface area is 163 Å². The SMILES string of the molecule is CCCNCc1ccc(N(C)SONC2C(O)OC(CO)C(O)C2O)cc1. The molecule has 0 spiro atoms. The maximum atomic E-state index is 10.0. The number of hydrogen-bond donors (Lipinski definition) is 6. The van der Waals surface area contributed by atoms with Crippen LogP contribution in [0.1, 0.15) is 18.9 Å². The maximum absolute atomic E-state index is 10.0. The van der Waals surface area contributed by atoms with Crippen molar-refractivity contribution in [1.82, 2.24) is 10.8 Å². The van der Waals surface area contributed by atoms with Gasteiger partial charge in [-0.1, -0.05) is 19.1 Å². The second kappa shape index (κ2) is 11.1. The highest BCUT2D eigenvalue weighted by atomic mass is 32.2. The van der Waals surface area contributed by atoms with Crippen molar-refractivity contribution in [2.45, 2.75) is 50.5 Å². The van der Waals surface area contributed by atoms with Gasteiger partial charge in [-0.3, -0.25) is 4.31 Å². The molecule has 0 aromatic heterocycles. The van der Waals surface area contributed by atoms with Crippen LogP contribution in [0.5, 0.6) is 0 Å². The molecule has 1 aromatic rings. The van der Waals surface area contributed by atoms with Crippen LogP contribution >= 0.6 is 12.2 Å². The topological polar surface area (TPSA) is 127 Å². The van der Waals surface area contributed by atoms with Gasteiger partial charge in [0.2, 0.25) is 0 Å². The number of anilines is 1. The van der Waals surface area contributed by atoms with Crippen LogP contribution in [0.25, 0.3) is 0 Å². The molecule has 2 rings (SSSR count). The molecule has 1 aliphatic rings. The third-order valence-electron chi connectivity index (χ3n) is 4.29. The van der Waals surface area contributed by atoms with Gasteiger partial charge in [-0.15, -0.1) is 0 Å².